The summed E-state index contributed by atoms with van der Waals surface area (Å²) in [5.74, 6) is 1.02. The highest BCUT2D eigenvalue weighted by Crippen LogP contribution is 2.32. The van der Waals surface area contributed by atoms with Crippen LogP contribution in [0.1, 0.15) is 24.0 Å². The number of hydrogen-bond acceptors (Lipinski definition) is 4. The first kappa shape index (κ1) is 14.8. The standard InChI is InChI=1S/C17H16ClN3O/c18-17-14(12-21-8-1-2-9-21)4-3-5-15(17)22-16-7-6-13(10-19)11-20-16/h3-7,11H,1-2,8-9,12H2. The lowest BCUT2D eigenvalue weighted by Gasteiger charge is -2.17. The van der Waals surface area contributed by atoms with E-state index in [4.69, 9.17) is 21.6 Å². The van der Waals surface area contributed by atoms with Gasteiger partial charge in [-0.3, -0.25) is 4.90 Å². The van der Waals surface area contributed by atoms with Gasteiger partial charge in [0.05, 0.1) is 10.6 Å². The molecule has 0 saturated carbocycles. The topological polar surface area (TPSA) is 49.1 Å². The van der Waals surface area contributed by atoms with Gasteiger partial charge in [-0.25, -0.2) is 4.98 Å². The summed E-state index contributed by atoms with van der Waals surface area (Å²) in [4.78, 5) is 6.50. The molecule has 2 aromatic rings. The molecular weight excluding hydrogens is 298 g/mol. The molecule has 4 nitrogen and oxygen atoms in total. The lowest BCUT2D eigenvalue weighted by atomic mass is 10.2. The molecule has 22 heavy (non-hydrogen) atoms. The minimum Gasteiger partial charge on any atom is -0.437 e. The molecule has 0 bridgehead atoms. The zero-order valence-electron chi connectivity index (χ0n) is 12.1. The summed E-state index contributed by atoms with van der Waals surface area (Å²) in [6.45, 7) is 3.09. The van der Waals surface area contributed by atoms with Gasteiger partial charge in [-0.2, -0.15) is 5.26 Å². The van der Waals surface area contributed by atoms with Gasteiger partial charge in [-0.15, -0.1) is 0 Å². The van der Waals surface area contributed by atoms with Crippen molar-refractivity contribution >= 4 is 11.6 Å². The van der Waals surface area contributed by atoms with E-state index < -0.39 is 0 Å². The van der Waals surface area contributed by atoms with Crippen LogP contribution in [0.5, 0.6) is 11.6 Å². The van der Waals surface area contributed by atoms with Crippen molar-refractivity contribution in [2.24, 2.45) is 0 Å². The van der Waals surface area contributed by atoms with Crippen molar-refractivity contribution in [2.75, 3.05) is 13.1 Å². The third-order valence-corrected chi connectivity index (χ3v) is 4.14. The second-order valence-corrected chi connectivity index (χ2v) is 5.69. The van der Waals surface area contributed by atoms with E-state index in [0.717, 1.165) is 25.2 Å². The van der Waals surface area contributed by atoms with E-state index in [1.165, 1.54) is 19.0 Å². The Kier molecular flexibility index (Phi) is 4.57. The Bertz CT molecular complexity index is 688. The third kappa shape index (κ3) is 3.38. The summed E-state index contributed by atoms with van der Waals surface area (Å²) in [5, 5.41) is 9.40. The van der Waals surface area contributed by atoms with Crippen LogP contribution < -0.4 is 4.74 Å². The summed E-state index contributed by atoms with van der Waals surface area (Å²) < 4.78 is 5.74. The van der Waals surface area contributed by atoms with Crippen molar-refractivity contribution in [2.45, 2.75) is 19.4 Å². The van der Waals surface area contributed by atoms with E-state index in [2.05, 4.69) is 9.88 Å². The SMILES string of the molecule is N#Cc1ccc(Oc2cccc(CN3CCCC3)c2Cl)nc1. The Morgan fingerprint density at radius 3 is 2.73 bits per heavy atom. The van der Waals surface area contributed by atoms with Gasteiger partial charge in [0.15, 0.2) is 0 Å². The van der Waals surface area contributed by atoms with Crippen LogP contribution in [0, 0.1) is 11.3 Å². The average Bonchev–Trinajstić information content (AvgIpc) is 3.05. The second-order valence-electron chi connectivity index (χ2n) is 5.31. The number of rotatable bonds is 4. The molecule has 1 aliphatic heterocycles. The van der Waals surface area contributed by atoms with Crippen LogP contribution in [0.25, 0.3) is 0 Å². The van der Waals surface area contributed by atoms with Gasteiger partial charge < -0.3 is 4.74 Å². The quantitative estimate of drug-likeness (QED) is 0.856. The van der Waals surface area contributed by atoms with Gasteiger partial charge in [-0.1, -0.05) is 23.7 Å². The zero-order valence-corrected chi connectivity index (χ0v) is 12.9. The van der Waals surface area contributed by atoms with Crippen molar-refractivity contribution in [3.63, 3.8) is 0 Å². The number of halogens is 1. The molecule has 0 spiro atoms. The highest BCUT2D eigenvalue weighted by atomic mass is 35.5. The monoisotopic (exact) mass is 313 g/mol. The highest BCUT2D eigenvalue weighted by molar-refractivity contribution is 6.32. The average molecular weight is 314 g/mol. The van der Waals surface area contributed by atoms with Gasteiger partial charge in [0, 0.05) is 18.8 Å². The Balaban J connectivity index is 1.76. The van der Waals surface area contributed by atoms with Crippen LogP contribution in [0.3, 0.4) is 0 Å². The first-order valence-electron chi connectivity index (χ1n) is 7.30. The minimum atomic E-state index is 0.430. The molecule has 0 amide bonds. The molecule has 0 N–H and O–H groups in total. The third-order valence-electron chi connectivity index (χ3n) is 3.72. The maximum absolute atomic E-state index is 8.78. The van der Waals surface area contributed by atoms with Crippen molar-refractivity contribution < 1.29 is 4.74 Å². The predicted molar refractivity (Wildman–Crippen MR) is 85.0 cm³/mol. The number of hydrogen-bond donors (Lipinski definition) is 0. The molecule has 0 radical (unpaired) electrons. The number of aromatic nitrogens is 1. The Morgan fingerprint density at radius 2 is 2.05 bits per heavy atom. The van der Waals surface area contributed by atoms with Crippen LogP contribution in [0.2, 0.25) is 5.02 Å². The molecule has 5 heteroatoms. The van der Waals surface area contributed by atoms with Gasteiger partial charge >= 0.3 is 0 Å². The molecular formula is C17H16ClN3O. The van der Waals surface area contributed by atoms with Gasteiger partial charge in [0.25, 0.3) is 0 Å². The first-order chi connectivity index (χ1) is 10.8. The van der Waals surface area contributed by atoms with Crippen molar-refractivity contribution in [1.82, 2.24) is 9.88 Å². The molecule has 0 unspecified atom stereocenters. The van der Waals surface area contributed by atoms with E-state index in [1.807, 2.05) is 24.3 Å². The van der Waals surface area contributed by atoms with Crippen molar-refractivity contribution in [1.29, 1.82) is 5.26 Å². The maximum atomic E-state index is 8.78. The summed E-state index contributed by atoms with van der Waals surface area (Å²) in [7, 11) is 0. The number of likely N-dealkylation sites (tertiary alicyclic amines) is 1. The normalized spacial score (nSPS) is 14.7. The van der Waals surface area contributed by atoms with E-state index in [-0.39, 0.29) is 0 Å². The van der Waals surface area contributed by atoms with Crippen molar-refractivity contribution in [3.05, 3.63) is 52.7 Å². The Labute approximate surface area is 134 Å². The molecule has 112 valence electrons. The molecule has 1 saturated heterocycles. The number of nitriles is 1. The van der Waals surface area contributed by atoms with E-state index in [0.29, 0.717) is 22.2 Å². The van der Waals surface area contributed by atoms with Crippen molar-refractivity contribution in [3.8, 4) is 17.7 Å². The Hall–Kier alpha value is -2.09. The summed E-state index contributed by atoms with van der Waals surface area (Å²) in [6, 6.07) is 11.2. The fraction of sp³-hybridized carbons (Fsp3) is 0.294. The van der Waals surface area contributed by atoms with E-state index in [9.17, 15) is 0 Å². The molecule has 0 atom stereocenters. The smallest absolute Gasteiger partial charge is 0.219 e. The van der Waals surface area contributed by atoms with Crippen LogP contribution >= 0.6 is 11.6 Å². The number of ether oxygens (including phenoxy) is 1. The fourth-order valence-corrected chi connectivity index (χ4v) is 2.78. The summed E-state index contributed by atoms with van der Waals surface area (Å²) >= 11 is 6.46. The van der Waals surface area contributed by atoms with Crippen LogP contribution in [0.4, 0.5) is 0 Å². The molecule has 1 aliphatic rings. The number of pyridine rings is 1. The molecule has 3 rings (SSSR count). The fourth-order valence-electron chi connectivity index (χ4n) is 2.56. The molecule has 2 heterocycles. The lowest BCUT2D eigenvalue weighted by Crippen LogP contribution is -2.18. The molecule has 1 aromatic carbocycles. The molecule has 1 fully saturated rings. The van der Waals surface area contributed by atoms with E-state index >= 15 is 0 Å². The van der Waals surface area contributed by atoms with Crippen LogP contribution in [-0.4, -0.2) is 23.0 Å². The minimum absolute atomic E-state index is 0.430. The number of benzene rings is 1. The van der Waals surface area contributed by atoms with Gasteiger partial charge in [0.1, 0.15) is 11.8 Å². The summed E-state index contributed by atoms with van der Waals surface area (Å²) in [6.07, 6.45) is 3.99. The van der Waals surface area contributed by atoms with Gasteiger partial charge in [-0.05, 0) is 43.6 Å². The van der Waals surface area contributed by atoms with Gasteiger partial charge in [0.2, 0.25) is 5.88 Å². The summed E-state index contributed by atoms with van der Waals surface area (Å²) in [5.41, 5.74) is 1.57. The van der Waals surface area contributed by atoms with Crippen LogP contribution in [-0.2, 0) is 6.54 Å². The lowest BCUT2D eigenvalue weighted by molar-refractivity contribution is 0.331. The number of nitrogens with zero attached hydrogens (tertiary/aromatic N) is 3. The maximum Gasteiger partial charge on any atom is 0.219 e. The zero-order chi connectivity index (χ0) is 15.4. The predicted octanol–water partition coefficient (Wildman–Crippen LogP) is 3.99. The molecule has 1 aromatic heterocycles. The molecule has 0 aliphatic carbocycles. The highest BCUT2D eigenvalue weighted by Gasteiger charge is 2.15. The Morgan fingerprint density at radius 1 is 1.23 bits per heavy atom. The van der Waals surface area contributed by atoms with Crippen LogP contribution in [0.15, 0.2) is 36.5 Å². The first-order valence-corrected chi connectivity index (χ1v) is 7.68. The van der Waals surface area contributed by atoms with E-state index in [1.54, 1.807) is 12.1 Å². The second kappa shape index (κ2) is 6.78. The largest absolute Gasteiger partial charge is 0.437 e.